The maximum absolute atomic E-state index is 14.0. The minimum Gasteiger partial charge on any atom is -0.504 e. The summed E-state index contributed by atoms with van der Waals surface area (Å²) in [6.45, 7) is 4.82. The minimum absolute atomic E-state index is 0.0311. The molecule has 1 aliphatic rings. The molecule has 1 aromatic carbocycles. The van der Waals surface area contributed by atoms with Crippen LogP contribution in [0.25, 0.3) is 11.0 Å². The van der Waals surface area contributed by atoms with E-state index >= 15 is 0 Å². The summed E-state index contributed by atoms with van der Waals surface area (Å²) in [6.07, 6.45) is 5.92. The average molecular weight is 351 g/mol. The van der Waals surface area contributed by atoms with Gasteiger partial charge in [-0.1, -0.05) is 31.9 Å². The van der Waals surface area contributed by atoms with E-state index in [1.54, 1.807) is 18.5 Å². The van der Waals surface area contributed by atoms with Gasteiger partial charge in [-0.2, -0.15) is 0 Å². The van der Waals surface area contributed by atoms with Crippen LogP contribution in [-0.4, -0.2) is 21.6 Å². The van der Waals surface area contributed by atoms with Crippen LogP contribution in [0.4, 0.5) is 4.39 Å². The number of nitrogens with zero attached hydrogens (tertiary/aromatic N) is 2. The number of benzene rings is 1. The van der Waals surface area contributed by atoms with Crippen LogP contribution in [0.15, 0.2) is 47.2 Å². The number of hydrogen-bond donors (Lipinski definition) is 3. The van der Waals surface area contributed by atoms with Crippen LogP contribution in [-0.2, 0) is 6.54 Å². The monoisotopic (exact) mass is 350 g/mol. The van der Waals surface area contributed by atoms with Gasteiger partial charge in [0.05, 0.1) is 28.3 Å². The molecule has 5 nitrogen and oxygen atoms in total. The molecule has 128 valence electrons. The molecule has 3 N–H and O–H groups in total. The lowest BCUT2D eigenvalue weighted by molar-refractivity contribution is 0.403. The summed E-state index contributed by atoms with van der Waals surface area (Å²) in [5, 5.41) is 16.0. The number of fused-ring (bicyclic) bond motifs is 1. The fourth-order valence-corrected chi connectivity index (χ4v) is 2.21. The Morgan fingerprint density at radius 3 is 2.54 bits per heavy atom. The van der Waals surface area contributed by atoms with Gasteiger partial charge in [0, 0.05) is 36.8 Å². The van der Waals surface area contributed by atoms with Crippen LogP contribution in [0.3, 0.4) is 0 Å². The molecule has 0 aliphatic carbocycles. The van der Waals surface area contributed by atoms with Crippen molar-refractivity contribution in [3.63, 3.8) is 0 Å². The Hall–Kier alpha value is -2.34. The lowest BCUT2D eigenvalue weighted by atomic mass is 10.1. The van der Waals surface area contributed by atoms with Crippen molar-refractivity contribution in [1.29, 1.82) is 0 Å². The number of halogens is 2. The van der Waals surface area contributed by atoms with Crippen LogP contribution in [0.1, 0.15) is 25.8 Å². The van der Waals surface area contributed by atoms with Gasteiger partial charge in [-0.25, -0.2) is 4.39 Å². The SMILES string of the molecule is CCC.OC1=C(Cl)CNC=C1NCc1cc2nccnc2cc1F. The highest BCUT2D eigenvalue weighted by atomic mass is 35.5. The van der Waals surface area contributed by atoms with Gasteiger partial charge < -0.3 is 15.7 Å². The van der Waals surface area contributed by atoms with Gasteiger partial charge in [0.1, 0.15) is 5.82 Å². The Labute approximate surface area is 145 Å². The van der Waals surface area contributed by atoms with Crippen molar-refractivity contribution >= 4 is 22.6 Å². The van der Waals surface area contributed by atoms with E-state index in [1.165, 1.54) is 18.7 Å². The molecule has 1 aromatic heterocycles. The maximum atomic E-state index is 14.0. The van der Waals surface area contributed by atoms with Gasteiger partial charge in [-0.3, -0.25) is 9.97 Å². The third-order valence-corrected chi connectivity index (χ3v) is 3.44. The number of aliphatic hydroxyl groups excluding tert-OH is 1. The Morgan fingerprint density at radius 1 is 1.25 bits per heavy atom. The molecule has 0 amide bonds. The smallest absolute Gasteiger partial charge is 0.156 e. The summed E-state index contributed by atoms with van der Waals surface area (Å²) in [6, 6.07) is 2.97. The Morgan fingerprint density at radius 2 is 1.88 bits per heavy atom. The highest BCUT2D eigenvalue weighted by molar-refractivity contribution is 6.30. The lowest BCUT2D eigenvalue weighted by Gasteiger charge is -2.17. The van der Waals surface area contributed by atoms with Crippen molar-refractivity contribution in [1.82, 2.24) is 20.6 Å². The average Bonchev–Trinajstić information content (AvgIpc) is 2.57. The minimum atomic E-state index is -0.380. The number of aliphatic hydroxyl groups is 1. The highest BCUT2D eigenvalue weighted by Gasteiger charge is 2.14. The second-order valence-electron chi connectivity index (χ2n) is 5.24. The van der Waals surface area contributed by atoms with Crippen LogP contribution >= 0.6 is 11.6 Å². The van der Waals surface area contributed by atoms with Crippen LogP contribution < -0.4 is 10.6 Å². The zero-order valence-corrected chi connectivity index (χ0v) is 14.4. The summed E-state index contributed by atoms with van der Waals surface area (Å²) < 4.78 is 14.0. The van der Waals surface area contributed by atoms with E-state index in [0.717, 1.165) is 0 Å². The van der Waals surface area contributed by atoms with Crippen molar-refractivity contribution in [3.05, 3.63) is 58.6 Å². The second-order valence-corrected chi connectivity index (χ2v) is 5.70. The van der Waals surface area contributed by atoms with Crippen molar-refractivity contribution in [2.45, 2.75) is 26.8 Å². The molecular weight excluding hydrogens is 331 g/mol. The molecule has 0 bridgehead atoms. The summed E-state index contributed by atoms with van der Waals surface area (Å²) >= 11 is 5.85. The molecule has 0 atom stereocenters. The van der Waals surface area contributed by atoms with Crippen LogP contribution in [0.2, 0.25) is 0 Å². The predicted octanol–water partition coefficient (Wildman–Crippen LogP) is 3.73. The van der Waals surface area contributed by atoms with Crippen molar-refractivity contribution in [2.75, 3.05) is 6.54 Å². The van der Waals surface area contributed by atoms with Crippen molar-refractivity contribution < 1.29 is 9.50 Å². The molecule has 0 radical (unpaired) electrons. The number of nitrogens with one attached hydrogen (secondary N) is 2. The summed E-state index contributed by atoms with van der Waals surface area (Å²) in [4.78, 5) is 8.19. The van der Waals surface area contributed by atoms with E-state index < -0.39 is 0 Å². The maximum Gasteiger partial charge on any atom is 0.156 e. The molecule has 0 spiro atoms. The molecule has 2 heterocycles. The molecule has 0 saturated carbocycles. The Bertz CT molecular complexity index is 776. The third kappa shape index (κ3) is 4.35. The van der Waals surface area contributed by atoms with E-state index in [9.17, 15) is 9.50 Å². The third-order valence-electron chi connectivity index (χ3n) is 3.12. The van der Waals surface area contributed by atoms with Gasteiger partial charge in [-0.15, -0.1) is 0 Å². The van der Waals surface area contributed by atoms with Gasteiger partial charge in [0.2, 0.25) is 0 Å². The van der Waals surface area contributed by atoms with Crippen molar-refractivity contribution in [2.24, 2.45) is 0 Å². The molecule has 0 saturated heterocycles. The summed E-state index contributed by atoms with van der Waals surface area (Å²) in [5.41, 5.74) is 1.97. The predicted molar refractivity (Wildman–Crippen MR) is 93.9 cm³/mol. The van der Waals surface area contributed by atoms with E-state index in [2.05, 4.69) is 34.4 Å². The number of rotatable bonds is 3. The first-order chi connectivity index (χ1) is 11.6. The zero-order chi connectivity index (χ0) is 17.5. The molecule has 2 aromatic rings. The Kier molecular flexibility index (Phi) is 6.37. The second kappa shape index (κ2) is 8.49. The van der Waals surface area contributed by atoms with Crippen LogP contribution in [0, 0.1) is 5.82 Å². The largest absolute Gasteiger partial charge is 0.504 e. The Balaban J connectivity index is 0.000000647. The molecule has 0 unspecified atom stereocenters. The van der Waals surface area contributed by atoms with E-state index in [-0.39, 0.29) is 18.1 Å². The van der Waals surface area contributed by atoms with Gasteiger partial charge in [0.25, 0.3) is 0 Å². The van der Waals surface area contributed by atoms with Crippen molar-refractivity contribution in [3.8, 4) is 0 Å². The summed E-state index contributed by atoms with van der Waals surface area (Å²) in [7, 11) is 0. The first-order valence-electron chi connectivity index (χ1n) is 7.71. The molecule has 24 heavy (non-hydrogen) atoms. The molecule has 3 rings (SSSR count). The fourth-order valence-electron chi connectivity index (χ4n) is 2.03. The quantitative estimate of drug-likeness (QED) is 0.787. The number of aromatic nitrogens is 2. The topological polar surface area (TPSA) is 70.1 Å². The van der Waals surface area contributed by atoms with Crippen LogP contribution in [0.5, 0.6) is 0 Å². The first kappa shape index (κ1) is 18.0. The van der Waals surface area contributed by atoms with Gasteiger partial charge in [0.15, 0.2) is 5.76 Å². The number of hydrogen-bond acceptors (Lipinski definition) is 5. The van der Waals surface area contributed by atoms with Gasteiger partial charge >= 0.3 is 0 Å². The standard InChI is InChI=1S/C14H12ClFN4O.C3H8/c15-9-6-17-7-13(14(9)21)20-5-8-3-11-12(4-10(8)16)19-2-1-18-11;1-3-2/h1-4,7,17,20-21H,5-6H2;3H2,1-2H3. The molecule has 0 fully saturated rings. The number of dihydropyridines is 1. The fraction of sp³-hybridized carbons (Fsp3) is 0.294. The summed E-state index contributed by atoms with van der Waals surface area (Å²) in [5.74, 6) is -0.411. The highest BCUT2D eigenvalue weighted by Crippen LogP contribution is 2.19. The molecule has 1 aliphatic heterocycles. The van der Waals surface area contributed by atoms with E-state index in [0.29, 0.717) is 33.9 Å². The van der Waals surface area contributed by atoms with E-state index in [4.69, 9.17) is 11.6 Å². The first-order valence-corrected chi connectivity index (χ1v) is 8.09. The molecular formula is C17H20ClFN4O. The lowest BCUT2D eigenvalue weighted by Crippen LogP contribution is -2.24. The zero-order valence-electron chi connectivity index (χ0n) is 13.6. The van der Waals surface area contributed by atoms with Gasteiger partial charge in [-0.05, 0) is 6.07 Å². The van der Waals surface area contributed by atoms with E-state index in [1.807, 2.05) is 0 Å². The molecule has 7 heteroatoms. The normalized spacial score (nSPS) is 13.8.